The van der Waals surface area contributed by atoms with Crippen molar-refractivity contribution in [2.24, 2.45) is 5.73 Å². The van der Waals surface area contributed by atoms with Gasteiger partial charge in [-0.2, -0.15) is 0 Å². The Labute approximate surface area is 109 Å². The minimum absolute atomic E-state index is 0.140. The molecule has 2 N–H and O–H groups in total. The maximum atomic E-state index is 12.5. The van der Waals surface area contributed by atoms with E-state index < -0.39 is 0 Å². The van der Waals surface area contributed by atoms with Crippen LogP contribution in [0.3, 0.4) is 0 Å². The summed E-state index contributed by atoms with van der Waals surface area (Å²) >= 11 is 0. The Balaban J connectivity index is 2.20. The van der Waals surface area contributed by atoms with E-state index in [1.807, 2.05) is 30.9 Å². The predicted molar refractivity (Wildman–Crippen MR) is 73.6 cm³/mol. The molecule has 1 saturated heterocycles. The first-order valence-electron chi connectivity index (χ1n) is 6.62. The van der Waals surface area contributed by atoms with Crippen molar-refractivity contribution in [1.82, 2.24) is 4.90 Å². The van der Waals surface area contributed by atoms with Crippen LogP contribution in [-0.2, 0) is 0 Å². The molecule has 0 saturated carbocycles. The summed E-state index contributed by atoms with van der Waals surface area (Å²) in [5.74, 6) is 0.140. The van der Waals surface area contributed by atoms with Gasteiger partial charge < -0.3 is 10.6 Å². The van der Waals surface area contributed by atoms with Crippen molar-refractivity contribution in [3.63, 3.8) is 0 Å². The number of piperidine rings is 1. The maximum absolute atomic E-state index is 12.5. The molecular weight excluding hydrogens is 224 g/mol. The third-order valence-corrected chi connectivity index (χ3v) is 3.65. The largest absolute Gasteiger partial charge is 0.336 e. The smallest absolute Gasteiger partial charge is 0.254 e. The molecule has 0 aromatic heterocycles. The van der Waals surface area contributed by atoms with E-state index in [1.165, 1.54) is 0 Å². The number of carbonyl (C=O) groups is 1. The summed E-state index contributed by atoms with van der Waals surface area (Å²) < 4.78 is 0. The second-order valence-electron chi connectivity index (χ2n) is 5.51. The molecule has 0 aliphatic carbocycles. The molecule has 1 aromatic carbocycles. The predicted octanol–water partition coefficient (Wildman–Crippen LogP) is 2.26. The highest BCUT2D eigenvalue weighted by Crippen LogP contribution is 2.20. The van der Waals surface area contributed by atoms with Gasteiger partial charge in [-0.1, -0.05) is 17.2 Å². The zero-order valence-corrected chi connectivity index (χ0v) is 11.4. The van der Waals surface area contributed by atoms with Crippen molar-refractivity contribution in [3.8, 4) is 0 Å². The van der Waals surface area contributed by atoms with E-state index >= 15 is 0 Å². The summed E-state index contributed by atoms with van der Waals surface area (Å²) in [6, 6.07) is 6.50. The van der Waals surface area contributed by atoms with Crippen molar-refractivity contribution in [2.75, 3.05) is 6.54 Å². The molecular formula is C15H22N2O. The fourth-order valence-corrected chi connectivity index (χ4v) is 2.77. The number of rotatable bonds is 1. The van der Waals surface area contributed by atoms with Gasteiger partial charge in [-0.15, -0.1) is 0 Å². The molecule has 1 fully saturated rings. The first-order chi connectivity index (χ1) is 8.47. The van der Waals surface area contributed by atoms with Gasteiger partial charge >= 0.3 is 0 Å². The van der Waals surface area contributed by atoms with Gasteiger partial charge in [-0.05, 0) is 45.7 Å². The highest BCUT2D eigenvalue weighted by Gasteiger charge is 2.27. The second-order valence-corrected chi connectivity index (χ2v) is 5.51. The van der Waals surface area contributed by atoms with Gasteiger partial charge in [-0.25, -0.2) is 0 Å². The molecule has 1 aromatic rings. The van der Waals surface area contributed by atoms with Crippen LogP contribution in [-0.4, -0.2) is 29.4 Å². The van der Waals surface area contributed by atoms with Crippen molar-refractivity contribution in [3.05, 3.63) is 34.9 Å². The Bertz CT molecular complexity index is 436. The standard InChI is InChI=1S/C15H22N2O/c1-10-6-11(2)8-13(7-10)15(18)17-5-4-14(16)9-12(17)3/h6-8,12,14H,4-5,9,16H2,1-3H3. The van der Waals surface area contributed by atoms with Crippen LogP contribution in [0.1, 0.15) is 41.3 Å². The molecule has 3 heteroatoms. The van der Waals surface area contributed by atoms with Gasteiger partial charge in [0, 0.05) is 24.2 Å². The molecule has 1 amide bonds. The van der Waals surface area contributed by atoms with Crippen molar-refractivity contribution in [1.29, 1.82) is 0 Å². The molecule has 1 aliphatic heterocycles. The van der Waals surface area contributed by atoms with E-state index in [9.17, 15) is 4.79 Å². The Morgan fingerprint density at radius 3 is 2.44 bits per heavy atom. The molecule has 2 rings (SSSR count). The quantitative estimate of drug-likeness (QED) is 0.826. The first kappa shape index (κ1) is 13.1. The summed E-state index contributed by atoms with van der Waals surface area (Å²) in [7, 11) is 0. The average molecular weight is 246 g/mol. The zero-order chi connectivity index (χ0) is 13.3. The monoisotopic (exact) mass is 246 g/mol. The van der Waals surface area contributed by atoms with Gasteiger partial charge in [0.1, 0.15) is 0 Å². The number of aryl methyl sites for hydroxylation is 2. The first-order valence-corrected chi connectivity index (χ1v) is 6.62. The van der Waals surface area contributed by atoms with E-state index in [1.54, 1.807) is 0 Å². The lowest BCUT2D eigenvalue weighted by Gasteiger charge is -2.36. The van der Waals surface area contributed by atoms with Crippen LogP contribution in [0.15, 0.2) is 18.2 Å². The molecule has 2 unspecified atom stereocenters. The Kier molecular flexibility index (Phi) is 3.71. The van der Waals surface area contributed by atoms with E-state index in [0.717, 1.165) is 36.1 Å². The summed E-state index contributed by atoms with van der Waals surface area (Å²) in [6.07, 6.45) is 1.80. The highest BCUT2D eigenvalue weighted by molar-refractivity contribution is 5.94. The lowest BCUT2D eigenvalue weighted by molar-refractivity contribution is 0.0619. The number of nitrogens with zero attached hydrogens (tertiary/aromatic N) is 1. The number of amides is 1. The number of carbonyl (C=O) groups excluding carboxylic acids is 1. The van der Waals surface area contributed by atoms with Crippen molar-refractivity contribution in [2.45, 2.75) is 45.7 Å². The Morgan fingerprint density at radius 1 is 1.28 bits per heavy atom. The van der Waals surface area contributed by atoms with Crippen molar-refractivity contribution >= 4 is 5.91 Å². The van der Waals surface area contributed by atoms with E-state index in [-0.39, 0.29) is 18.0 Å². The molecule has 2 atom stereocenters. The highest BCUT2D eigenvalue weighted by atomic mass is 16.2. The van der Waals surface area contributed by atoms with Crippen molar-refractivity contribution < 1.29 is 4.79 Å². The molecule has 0 radical (unpaired) electrons. The topological polar surface area (TPSA) is 46.3 Å². The van der Waals surface area contributed by atoms with Gasteiger partial charge in [0.15, 0.2) is 0 Å². The number of hydrogen-bond acceptors (Lipinski definition) is 2. The van der Waals surface area contributed by atoms with E-state index in [2.05, 4.69) is 13.0 Å². The maximum Gasteiger partial charge on any atom is 0.254 e. The summed E-state index contributed by atoms with van der Waals surface area (Å²) in [5, 5.41) is 0. The molecule has 1 heterocycles. The van der Waals surface area contributed by atoms with Crippen LogP contribution in [0.4, 0.5) is 0 Å². The number of nitrogens with two attached hydrogens (primary N) is 1. The minimum Gasteiger partial charge on any atom is -0.336 e. The van der Waals surface area contributed by atoms with E-state index in [0.29, 0.717) is 0 Å². The van der Waals surface area contributed by atoms with Gasteiger partial charge in [-0.3, -0.25) is 4.79 Å². The Morgan fingerprint density at radius 2 is 1.89 bits per heavy atom. The Hall–Kier alpha value is -1.35. The van der Waals surface area contributed by atoms with E-state index in [4.69, 9.17) is 5.73 Å². The average Bonchev–Trinajstić information content (AvgIpc) is 2.26. The number of hydrogen-bond donors (Lipinski definition) is 1. The zero-order valence-electron chi connectivity index (χ0n) is 11.4. The molecule has 98 valence electrons. The van der Waals surface area contributed by atoms with Crippen LogP contribution in [0.5, 0.6) is 0 Å². The molecule has 18 heavy (non-hydrogen) atoms. The number of benzene rings is 1. The lowest BCUT2D eigenvalue weighted by Crippen LogP contribution is -2.48. The van der Waals surface area contributed by atoms with Gasteiger partial charge in [0.25, 0.3) is 5.91 Å². The fourth-order valence-electron chi connectivity index (χ4n) is 2.77. The molecule has 0 spiro atoms. The lowest BCUT2D eigenvalue weighted by atomic mass is 9.97. The molecule has 3 nitrogen and oxygen atoms in total. The van der Waals surface area contributed by atoms with Crippen LogP contribution >= 0.6 is 0 Å². The summed E-state index contributed by atoms with van der Waals surface area (Å²) in [6.45, 7) is 6.91. The van der Waals surface area contributed by atoms with Crippen LogP contribution < -0.4 is 5.73 Å². The van der Waals surface area contributed by atoms with Gasteiger partial charge in [0.2, 0.25) is 0 Å². The minimum atomic E-state index is 0.140. The normalized spacial score (nSPS) is 24.1. The van der Waals surface area contributed by atoms with Crippen LogP contribution in [0, 0.1) is 13.8 Å². The summed E-state index contributed by atoms with van der Waals surface area (Å²) in [4.78, 5) is 14.5. The van der Waals surface area contributed by atoms with Crippen LogP contribution in [0.2, 0.25) is 0 Å². The van der Waals surface area contributed by atoms with Crippen LogP contribution in [0.25, 0.3) is 0 Å². The third kappa shape index (κ3) is 2.72. The molecule has 1 aliphatic rings. The second kappa shape index (κ2) is 5.11. The summed E-state index contributed by atoms with van der Waals surface area (Å²) in [5.41, 5.74) is 9.01. The third-order valence-electron chi connectivity index (χ3n) is 3.65. The van der Waals surface area contributed by atoms with Gasteiger partial charge in [0.05, 0.1) is 0 Å². The SMILES string of the molecule is Cc1cc(C)cc(C(=O)N2CCC(N)CC2C)c1. The molecule has 0 bridgehead atoms. The number of likely N-dealkylation sites (tertiary alicyclic amines) is 1. The fraction of sp³-hybridized carbons (Fsp3) is 0.533.